The number of fused-ring (bicyclic) bond motifs is 2. The van der Waals surface area contributed by atoms with Gasteiger partial charge in [-0.15, -0.1) is 6.58 Å². The van der Waals surface area contributed by atoms with E-state index in [1.807, 2.05) is 38.1 Å². The summed E-state index contributed by atoms with van der Waals surface area (Å²) in [4.78, 5) is 54.0. The summed E-state index contributed by atoms with van der Waals surface area (Å²) in [6.45, 7) is 7.92. The summed E-state index contributed by atoms with van der Waals surface area (Å²) < 4.78 is 0. The molecule has 1 aromatic carbocycles. The van der Waals surface area contributed by atoms with Crippen molar-refractivity contribution < 1.29 is 19.2 Å². The van der Waals surface area contributed by atoms with Crippen molar-refractivity contribution in [3.8, 4) is 0 Å². The number of nitrogens with zero attached hydrogens (tertiary/aromatic N) is 3. The van der Waals surface area contributed by atoms with Crippen LogP contribution in [0.5, 0.6) is 0 Å². The molecule has 3 aliphatic heterocycles. The Kier molecular flexibility index (Phi) is 4.04. The number of hydrogen-bond donors (Lipinski definition) is 2. The Hall–Kier alpha value is -3.72. The number of H-pyrrole nitrogens is 1. The predicted octanol–water partition coefficient (Wildman–Crippen LogP) is 1.87. The molecular formula is C23H23N5O4. The van der Waals surface area contributed by atoms with Gasteiger partial charge in [-0.25, -0.2) is 10.0 Å². The maximum Gasteiger partial charge on any atom is 0.298 e. The number of carbonyl (C=O) groups excluding carboxylic acids is 3. The smallest absolute Gasteiger partial charge is 0.298 e. The van der Waals surface area contributed by atoms with Crippen LogP contribution in [0, 0.1) is 5.41 Å². The van der Waals surface area contributed by atoms with Crippen molar-refractivity contribution in [2.24, 2.45) is 5.41 Å². The molecule has 2 saturated heterocycles. The van der Waals surface area contributed by atoms with E-state index in [-0.39, 0.29) is 12.1 Å². The molecule has 164 valence electrons. The lowest BCUT2D eigenvalue weighted by Gasteiger charge is -2.57. The second-order valence-electron chi connectivity index (χ2n) is 8.73. The average Bonchev–Trinajstić information content (AvgIpc) is 3.44. The third-order valence-corrected chi connectivity index (χ3v) is 7.03. The molecule has 1 aromatic heterocycles. The Morgan fingerprint density at radius 3 is 2.66 bits per heavy atom. The minimum atomic E-state index is -1.50. The van der Waals surface area contributed by atoms with Gasteiger partial charge in [-0.2, -0.15) is 0 Å². The molecular weight excluding hydrogens is 410 g/mol. The molecule has 2 fully saturated rings. The summed E-state index contributed by atoms with van der Waals surface area (Å²) >= 11 is 0. The van der Waals surface area contributed by atoms with Crippen molar-refractivity contribution in [2.75, 3.05) is 12.2 Å². The lowest BCUT2D eigenvalue weighted by Crippen LogP contribution is -2.78. The quantitative estimate of drug-likeness (QED) is 0.433. The summed E-state index contributed by atoms with van der Waals surface area (Å²) in [7, 11) is 1.48. The van der Waals surface area contributed by atoms with Crippen molar-refractivity contribution in [1.82, 2.24) is 20.2 Å². The third-order valence-electron chi connectivity index (χ3n) is 7.03. The molecule has 3 aliphatic rings. The first-order valence-corrected chi connectivity index (χ1v) is 10.2. The molecule has 4 heterocycles. The van der Waals surface area contributed by atoms with E-state index in [9.17, 15) is 14.4 Å². The van der Waals surface area contributed by atoms with Crippen LogP contribution in [0.25, 0.3) is 6.08 Å². The van der Waals surface area contributed by atoms with Gasteiger partial charge in [0, 0.05) is 6.42 Å². The SMILES string of the molecule is C=CC(C)(C)[C@@]12CC(=O)C(=O)N3/C(=C/c4cnc[nH]4)C(=O)N[C@]31N(OC)c1ccccc12. The number of ketones is 1. The Bertz CT molecular complexity index is 1200. The molecule has 2 atom stereocenters. The number of amides is 2. The summed E-state index contributed by atoms with van der Waals surface area (Å²) in [6.07, 6.45) is 6.15. The lowest BCUT2D eigenvalue weighted by atomic mass is 9.55. The largest absolute Gasteiger partial charge is 0.345 e. The van der Waals surface area contributed by atoms with Crippen molar-refractivity contribution in [3.63, 3.8) is 0 Å². The molecule has 2 aromatic rings. The Labute approximate surface area is 184 Å². The molecule has 0 aliphatic carbocycles. The number of allylic oxidation sites excluding steroid dienone is 1. The first kappa shape index (κ1) is 20.2. The number of Topliss-reactive ketones (excluding diaryl/α,β-unsaturated/α-hetero) is 1. The molecule has 0 unspecified atom stereocenters. The van der Waals surface area contributed by atoms with E-state index in [2.05, 4.69) is 21.9 Å². The van der Waals surface area contributed by atoms with Gasteiger partial charge in [0.05, 0.1) is 36.4 Å². The topological polar surface area (TPSA) is 108 Å². The molecule has 2 amide bonds. The molecule has 2 N–H and O–H groups in total. The van der Waals surface area contributed by atoms with Gasteiger partial charge in [0.2, 0.25) is 11.6 Å². The van der Waals surface area contributed by atoms with Crippen LogP contribution >= 0.6 is 0 Å². The number of aromatic amines is 1. The second kappa shape index (κ2) is 6.39. The van der Waals surface area contributed by atoms with Gasteiger partial charge in [-0.05, 0) is 23.1 Å². The van der Waals surface area contributed by atoms with Crippen molar-refractivity contribution in [3.05, 3.63) is 66.4 Å². The van der Waals surface area contributed by atoms with E-state index in [0.717, 1.165) is 5.56 Å². The van der Waals surface area contributed by atoms with Gasteiger partial charge in [0.25, 0.3) is 11.8 Å². The summed E-state index contributed by atoms with van der Waals surface area (Å²) in [6, 6.07) is 7.48. The van der Waals surface area contributed by atoms with E-state index < -0.39 is 34.2 Å². The standard InChI is InChI=1S/C23H23N5O4/c1-5-21(2,3)22-11-18(29)20(31)27-17(10-14-12-24-13-25-14)19(30)26-23(22,27)28(32-4)16-9-7-6-8-15(16)22/h5-10,12-13H,1,11H2,2-4H3,(H,24,25)(H,26,30)/b17-10+/t22-,23-/m0/s1. The number of nitrogens with one attached hydrogen (secondary N) is 2. The highest BCUT2D eigenvalue weighted by atomic mass is 16.7. The number of piperidine rings is 1. The number of para-hydroxylation sites is 1. The van der Waals surface area contributed by atoms with Crippen LogP contribution < -0.4 is 10.4 Å². The number of carbonyl (C=O) groups is 3. The fraction of sp³-hybridized carbons (Fsp3) is 0.304. The molecule has 5 rings (SSSR count). The summed E-state index contributed by atoms with van der Waals surface area (Å²) in [5, 5.41) is 4.57. The number of benzene rings is 1. The Morgan fingerprint density at radius 1 is 1.25 bits per heavy atom. The van der Waals surface area contributed by atoms with Crippen molar-refractivity contribution >= 4 is 29.4 Å². The Morgan fingerprint density at radius 2 is 2.00 bits per heavy atom. The zero-order valence-corrected chi connectivity index (χ0v) is 18.0. The fourth-order valence-corrected chi connectivity index (χ4v) is 5.51. The minimum Gasteiger partial charge on any atom is -0.345 e. The second-order valence-corrected chi connectivity index (χ2v) is 8.73. The van der Waals surface area contributed by atoms with E-state index >= 15 is 0 Å². The number of aromatic nitrogens is 2. The molecule has 0 saturated carbocycles. The minimum absolute atomic E-state index is 0.0337. The molecule has 1 spiro atoms. The number of rotatable bonds is 4. The van der Waals surface area contributed by atoms with E-state index in [4.69, 9.17) is 4.84 Å². The highest BCUT2D eigenvalue weighted by Gasteiger charge is 2.78. The van der Waals surface area contributed by atoms with Gasteiger partial charge in [0.1, 0.15) is 5.70 Å². The first-order valence-electron chi connectivity index (χ1n) is 10.2. The van der Waals surface area contributed by atoms with Gasteiger partial charge >= 0.3 is 0 Å². The summed E-state index contributed by atoms with van der Waals surface area (Å²) in [5.74, 6) is -3.37. The first-order chi connectivity index (χ1) is 15.2. The zero-order chi connectivity index (χ0) is 22.9. The third kappa shape index (κ3) is 2.11. The Balaban J connectivity index is 1.89. The van der Waals surface area contributed by atoms with Crippen LogP contribution in [-0.2, 0) is 24.6 Å². The van der Waals surface area contributed by atoms with E-state index in [1.54, 1.807) is 6.08 Å². The number of anilines is 1. The highest BCUT2D eigenvalue weighted by Crippen LogP contribution is 2.65. The van der Waals surface area contributed by atoms with Gasteiger partial charge < -0.3 is 10.3 Å². The number of hydrogen-bond acceptors (Lipinski definition) is 6. The van der Waals surface area contributed by atoms with Crippen LogP contribution in [0.2, 0.25) is 0 Å². The van der Waals surface area contributed by atoms with Crippen LogP contribution in [0.15, 0.2) is 55.1 Å². The van der Waals surface area contributed by atoms with E-state index in [1.165, 1.54) is 35.7 Å². The van der Waals surface area contributed by atoms with Gasteiger partial charge in [-0.1, -0.05) is 38.1 Å². The lowest BCUT2D eigenvalue weighted by molar-refractivity contribution is -0.165. The van der Waals surface area contributed by atoms with E-state index in [0.29, 0.717) is 11.4 Å². The average molecular weight is 433 g/mol. The maximum absolute atomic E-state index is 13.4. The maximum atomic E-state index is 13.4. The van der Waals surface area contributed by atoms with Crippen LogP contribution in [0.1, 0.15) is 31.5 Å². The van der Waals surface area contributed by atoms with Gasteiger partial charge in [-0.3, -0.25) is 24.1 Å². The van der Waals surface area contributed by atoms with Gasteiger partial charge in [0.15, 0.2) is 0 Å². The number of hydroxylamine groups is 1. The van der Waals surface area contributed by atoms with Crippen LogP contribution in [-0.4, -0.2) is 45.4 Å². The molecule has 0 radical (unpaired) electrons. The predicted molar refractivity (Wildman–Crippen MR) is 115 cm³/mol. The monoisotopic (exact) mass is 433 g/mol. The fourth-order valence-electron chi connectivity index (χ4n) is 5.51. The highest BCUT2D eigenvalue weighted by molar-refractivity contribution is 6.39. The molecule has 9 heteroatoms. The van der Waals surface area contributed by atoms with Crippen LogP contribution in [0.3, 0.4) is 0 Å². The van der Waals surface area contributed by atoms with Crippen molar-refractivity contribution in [2.45, 2.75) is 31.5 Å². The normalized spacial score (nSPS) is 28.0. The van der Waals surface area contributed by atoms with Crippen LogP contribution in [0.4, 0.5) is 5.69 Å². The molecule has 0 bridgehead atoms. The molecule has 9 nitrogen and oxygen atoms in total. The van der Waals surface area contributed by atoms with Crippen molar-refractivity contribution in [1.29, 1.82) is 0 Å². The number of imidazole rings is 1. The molecule has 32 heavy (non-hydrogen) atoms. The summed E-state index contributed by atoms with van der Waals surface area (Å²) in [5.41, 5.74) is 0.207. The zero-order valence-electron chi connectivity index (χ0n) is 18.0.